The van der Waals surface area contributed by atoms with Gasteiger partial charge in [0.2, 0.25) is 0 Å². The van der Waals surface area contributed by atoms with Gasteiger partial charge < -0.3 is 15.2 Å². The number of thioether (sulfide) groups is 1. The number of aliphatic hydroxyl groups is 1. The quantitative estimate of drug-likeness (QED) is 0.675. The predicted molar refractivity (Wildman–Crippen MR) is 78.4 cm³/mol. The molecule has 0 fully saturated rings. The van der Waals surface area contributed by atoms with Crippen molar-refractivity contribution in [3.8, 4) is 11.8 Å². The number of hydrogen-bond acceptors (Lipinski definition) is 5. The fraction of sp³-hybridized carbons (Fsp3) is 0.500. The van der Waals surface area contributed by atoms with E-state index in [0.29, 0.717) is 11.3 Å². The summed E-state index contributed by atoms with van der Waals surface area (Å²) in [4.78, 5) is 0. The summed E-state index contributed by atoms with van der Waals surface area (Å²) in [6.07, 6.45) is 0.859. The maximum atomic E-state index is 8.89. The lowest BCUT2D eigenvalue weighted by Gasteiger charge is -2.08. The molecule has 0 spiro atoms. The van der Waals surface area contributed by atoms with E-state index in [1.807, 2.05) is 23.9 Å². The molecule has 0 saturated heterocycles. The van der Waals surface area contributed by atoms with E-state index < -0.39 is 0 Å². The lowest BCUT2D eigenvalue weighted by atomic mass is 10.1. The summed E-state index contributed by atoms with van der Waals surface area (Å²) in [5.74, 6) is 2.66. The molecule has 0 aliphatic rings. The van der Waals surface area contributed by atoms with E-state index in [1.165, 1.54) is 0 Å². The van der Waals surface area contributed by atoms with Crippen molar-refractivity contribution in [2.45, 2.75) is 13.0 Å². The summed E-state index contributed by atoms with van der Waals surface area (Å²) in [6.45, 7) is 1.96. The smallest absolute Gasteiger partial charge is 0.136 e. The van der Waals surface area contributed by atoms with Crippen LogP contribution in [0, 0.1) is 11.3 Å². The topological polar surface area (TPSA) is 65.3 Å². The molecule has 5 heteroatoms. The van der Waals surface area contributed by atoms with Gasteiger partial charge in [-0.2, -0.15) is 17.0 Å². The number of rotatable bonds is 9. The highest BCUT2D eigenvalue weighted by Gasteiger charge is 2.03. The molecular formula is C14H20N2O2S. The Morgan fingerprint density at radius 2 is 2.26 bits per heavy atom. The normalized spacial score (nSPS) is 10.2. The van der Waals surface area contributed by atoms with Crippen LogP contribution in [-0.2, 0) is 6.54 Å². The molecule has 0 saturated carbocycles. The molecule has 2 N–H and O–H groups in total. The van der Waals surface area contributed by atoms with E-state index in [9.17, 15) is 0 Å². The van der Waals surface area contributed by atoms with E-state index in [0.717, 1.165) is 36.6 Å². The molecule has 0 atom stereocenters. The molecule has 1 aromatic rings. The van der Waals surface area contributed by atoms with Gasteiger partial charge >= 0.3 is 0 Å². The van der Waals surface area contributed by atoms with Crippen molar-refractivity contribution in [3.05, 3.63) is 29.3 Å². The molecule has 0 heterocycles. The van der Waals surface area contributed by atoms with Gasteiger partial charge in [-0.25, -0.2) is 0 Å². The molecule has 19 heavy (non-hydrogen) atoms. The first-order valence-corrected chi connectivity index (χ1v) is 7.43. The van der Waals surface area contributed by atoms with E-state index in [4.69, 9.17) is 15.1 Å². The average molecular weight is 280 g/mol. The standard InChI is InChI=1S/C14H20N2O2S/c1-18-14-9-12(3-4-13(14)10-15)11-16-5-8-19-7-2-6-17/h3-4,9,16-17H,2,5-8,11H2,1H3. The maximum absolute atomic E-state index is 8.89. The van der Waals surface area contributed by atoms with Gasteiger partial charge in [0.15, 0.2) is 0 Å². The first-order chi connectivity index (χ1) is 9.31. The monoisotopic (exact) mass is 280 g/mol. The lowest BCUT2D eigenvalue weighted by Crippen LogP contribution is -2.16. The molecule has 104 valence electrons. The lowest BCUT2D eigenvalue weighted by molar-refractivity contribution is 0.296. The Labute approximate surface area is 118 Å². The minimum Gasteiger partial charge on any atom is -0.495 e. The zero-order valence-electron chi connectivity index (χ0n) is 11.2. The van der Waals surface area contributed by atoms with Gasteiger partial charge in [-0.3, -0.25) is 0 Å². The highest BCUT2D eigenvalue weighted by Crippen LogP contribution is 2.19. The second-order valence-corrected chi connectivity index (χ2v) is 5.24. The number of ether oxygens (including phenoxy) is 1. The van der Waals surface area contributed by atoms with Crippen molar-refractivity contribution in [2.24, 2.45) is 0 Å². The number of methoxy groups -OCH3 is 1. The first kappa shape index (κ1) is 15.8. The van der Waals surface area contributed by atoms with Crippen LogP contribution in [0.3, 0.4) is 0 Å². The molecule has 0 unspecified atom stereocenters. The molecule has 0 aliphatic heterocycles. The van der Waals surface area contributed by atoms with Crippen molar-refractivity contribution < 1.29 is 9.84 Å². The molecule has 1 aromatic carbocycles. The fourth-order valence-corrected chi connectivity index (χ4v) is 2.41. The van der Waals surface area contributed by atoms with Crippen LogP contribution >= 0.6 is 11.8 Å². The van der Waals surface area contributed by atoms with Crippen LogP contribution in [0.15, 0.2) is 18.2 Å². The molecule has 0 aliphatic carbocycles. The van der Waals surface area contributed by atoms with Gasteiger partial charge in [-0.05, 0) is 29.9 Å². The molecule has 0 amide bonds. The first-order valence-electron chi connectivity index (χ1n) is 6.28. The number of benzene rings is 1. The van der Waals surface area contributed by atoms with Crippen molar-refractivity contribution in [3.63, 3.8) is 0 Å². The third-order valence-corrected chi connectivity index (χ3v) is 3.66. The summed E-state index contributed by atoms with van der Waals surface area (Å²) >= 11 is 1.84. The van der Waals surface area contributed by atoms with Gasteiger partial charge in [0, 0.05) is 25.4 Å². The van der Waals surface area contributed by atoms with Gasteiger partial charge in [0.1, 0.15) is 11.8 Å². The Bertz CT molecular complexity index is 418. The van der Waals surface area contributed by atoms with Crippen molar-refractivity contribution in [1.29, 1.82) is 5.26 Å². The molecule has 4 nitrogen and oxygen atoms in total. The van der Waals surface area contributed by atoms with Crippen LogP contribution in [-0.4, -0.2) is 36.9 Å². The van der Waals surface area contributed by atoms with Crippen molar-refractivity contribution in [2.75, 3.05) is 31.8 Å². The second-order valence-electron chi connectivity index (χ2n) is 4.01. The van der Waals surface area contributed by atoms with Gasteiger partial charge in [-0.1, -0.05) is 6.07 Å². The Morgan fingerprint density at radius 3 is 2.95 bits per heavy atom. The van der Waals surface area contributed by atoms with Crippen LogP contribution in [0.5, 0.6) is 5.75 Å². The van der Waals surface area contributed by atoms with E-state index in [2.05, 4.69) is 11.4 Å². The number of hydrogen-bond donors (Lipinski definition) is 2. The molecule has 1 rings (SSSR count). The number of nitrogens with one attached hydrogen (secondary N) is 1. The molecule has 0 aromatic heterocycles. The predicted octanol–water partition coefficient (Wildman–Crippen LogP) is 1.77. The Balaban J connectivity index is 2.28. The summed E-state index contributed by atoms with van der Waals surface area (Å²) in [5, 5.41) is 20.9. The third-order valence-electron chi connectivity index (χ3n) is 2.59. The van der Waals surface area contributed by atoms with Crippen LogP contribution in [0.25, 0.3) is 0 Å². The van der Waals surface area contributed by atoms with Crippen molar-refractivity contribution >= 4 is 11.8 Å². The Kier molecular flexibility index (Phi) is 8.07. The summed E-state index contributed by atoms with van der Waals surface area (Å²) in [5.41, 5.74) is 1.67. The van der Waals surface area contributed by atoms with Gasteiger partial charge in [0.25, 0.3) is 0 Å². The summed E-state index contributed by atoms with van der Waals surface area (Å²) < 4.78 is 5.17. The number of nitriles is 1. The van der Waals surface area contributed by atoms with Crippen LogP contribution in [0.2, 0.25) is 0 Å². The van der Waals surface area contributed by atoms with Crippen LogP contribution < -0.4 is 10.1 Å². The highest BCUT2D eigenvalue weighted by molar-refractivity contribution is 7.99. The van der Waals surface area contributed by atoms with E-state index in [-0.39, 0.29) is 6.61 Å². The zero-order chi connectivity index (χ0) is 13.9. The van der Waals surface area contributed by atoms with E-state index in [1.54, 1.807) is 13.2 Å². The van der Waals surface area contributed by atoms with E-state index >= 15 is 0 Å². The van der Waals surface area contributed by atoms with Gasteiger partial charge in [0.05, 0.1) is 12.7 Å². The minimum atomic E-state index is 0.269. The molecular weight excluding hydrogens is 260 g/mol. The summed E-state index contributed by atoms with van der Waals surface area (Å²) in [6, 6.07) is 7.71. The second kappa shape index (κ2) is 9.68. The van der Waals surface area contributed by atoms with Crippen LogP contribution in [0.4, 0.5) is 0 Å². The average Bonchev–Trinajstić information content (AvgIpc) is 2.46. The largest absolute Gasteiger partial charge is 0.495 e. The van der Waals surface area contributed by atoms with Crippen LogP contribution in [0.1, 0.15) is 17.5 Å². The SMILES string of the molecule is COc1cc(CNCCSCCCO)ccc1C#N. The number of aliphatic hydroxyl groups excluding tert-OH is 1. The molecule has 0 radical (unpaired) electrons. The maximum Gasteiger partial charge on any atom is 0.136 e. The fourth-order valence-electron chi connectivity index (χ4n) is 1.58. The van der Waals surface area contributed by atoms with Crippen molar-refractivity contribution in [1.82, 2.24) is 5.32 Å². The minimum absolute atomic E-state index is 0.269. The zero-order valence-corrected chi connectivity index (χ0v) is 12.0. The Hall–Kier alpha value is -1.22. The molecule has 0 bridgehead atoms. The number of nitrogens with zero attached hydrogens (tertiary/aromatic N) is 1. The Morgan fingerprint density at radius 1 is 1.42 bits per heavy atom. The summed E-state index contributed by atoms with van der Waals surface area (Å²) in [7, 11) is 1.57. The third kappa shape index (κ3) is 5.97. The highest BCUT2D eigenvalue weighted by atomic mass is 32.2. The van der Waals surface area contributed by atoms with Gasteiger partial charge in [-0.15, -0.1) is 0 Å².